The molecular formula is C18H18N2. The van der Waals surface area contributed by atoms with E-state index in [1.165, 1.54) is 16.7 Å². The Morgan fingerprint density at radius 1 is 1.00 bits per heavy atom. The van der Waals surface area contributed by atoms with Gasteiger partial charge in [-0.2, -0.15) is 0 Å². The van der Waals surface area contributed by atoms with E-state index in [0.29, 0.717) is 5.92 Å². The third-order valence-electron chi connectivity index (χ3n) is 3.55. The maximum Gasteiger partial charge on any atom is 0.0740 e. The molecule has 0 bridgehead atoms. The van der Waals surface area contributed by atoms with Gasteiger partial charge in [-0.3, -0.25) is 4.98 Å². The van der Waals surface area contributed by atoms with Gasteiger partial charge in [0.1, 0.15) is 0 Å². The number of rotatable bonds is 2. The van der Waals surface area contributed by atoms with Crippen molar-refractivity contribution in [3.63, 3.8) is 0 Å². The monoisotopic (exact) mass is 262 g/mol. The summed E-state index contributed by atoms with van der Waals surface area (Å²) in [6.07, 6.45) is 3.64. The molecule has 0 unspecified atom stereocenters. The van der Waals surface area contributed by atoms with E-state index < -0.39 is 0 Å². The second-order valence-corrected chi connectivity index (χ2v) is 5.55. The van der Waals surface area contributed by atoms with Gasteiger partial charge >= 0.3 is 0 Å². The molecule has 0 N–H and O–H groups in total. The van der Waals surface area contributed by atoms with Crippen LogP contribution in [0.5, 0.6) is 0 Å². The number of nitrogens with zero attached hydrogens (tertiary/aromatic N) is 2. The summed E-state index contributed by atoms with van der Waals surface area (Å²) in [5.74, 6) is 0.526. The molecule has 0 saturated heterocycles. The summed E-state index contributed by atoms with van der Waals surface area (Å²) in [5, 5.41) is 1.08. The number of hydrogen-bond acceptors (Lipinski definition) is 2. The Labute approximate surface area is 119 Å². The average molecular weight is 262 g/mol. The van der Waals surface area contributed by atoms with E-state index in [2.05, 4.69) is 56.1 Å². The third kappa shape index (κ3) is 2.42. The molecule has 0 amide bonds. The van der Waals surface area contributed by atoms with Gasteiger partial charge in [0.2, 0.25) is 0 Å². The molecule has 0 radical (unpaired) electrons. The lowest BCUT2D eigenvalue weighted by molar-refractivity contribution is 0.865. The van der Waals surface area contributed by atoms with Gasteiger partial charge in [-0.15, -0.1) is 0 Å². The zero-order valence-corrected chi connectivity index (χ0v) is 12.1. The van der Waals surface area contributed by atoms with E-state index >= 15 is 0 Å². The molecule has 0 spiro atoms. The van der Waals surface area contributed by atoms with Crippen LogP contribution in [0.4, 0.5) is 0 Å². The summed E-state index contributed by atoms with van der Waals surface area (Å²) < 4.78 is 0. The van der Waals surface area contributed by atoms with Crippen molar-refractivity contribution in [1.29, 1.82) is 0 Å². The van der Waals surface area contributed by atoms with Gasteiger partial charge in [0, 0.05) is 23.3 Å². The molecule has 2 heterocycles. The third-order valence-corrected chi connectivity index (χ3v) is 3.55. The van der Waals surface area contributed by atoms with Crippen LogP contribution >= 0.6 is 0 Å². The first-order valence-corrected chi connectivity index (χ1v) is 6.96. The standard InChI is InChI=1S/C18H18N2/c1-12(2)15-8-13(3)9-16(10-15)17-5-4-14-11-19-7-6-18(14)20-17/h4-12H,1-3H3. The topological polar surface area (TPSA) is 25.8 Å². The molecular weight excluding hydrogens is 244 g/mol. The van der Waals surface area contributed by atoms with Crippen molar-refractivity contribution < 1.29 is 0 Å². The van der Waals surface area contributed by atoms with E-state index in [0.717, 1.165) is 16.6 Å². The van der Waals surface area contributed by atoms with Gasteiger partial charge < -0.3 is 0 Å². The zero-order valence-electron chi connectivity index (χ0n) is 12.1. The van der Waals surface area contributed by atoms with Crippen LogP contribution in [0.2, 0.25) is 0 Å². The van der Waals surface area contributed by atoms with Crippen molar-refractivity contribution in [2.45, 2.75) is 26.7 Å². The van der Waals surface area contributed by atoms with Crippen molar-refractivity contribution in [2.75, 3.05) is 0 Å². The van der Waals surface area contributed by atoms with E-state index in [9.17, 15) is 0 Å². The number of aromatic nitrogens is 2. The first-order valence-electron chi connectivity index (χ1n) is 6.96. The molecule has 1 aromatic carbocycles. The summed E-state index contributed by atoms with van der Waals surface area (Å²) in [6, 6.07) is 12.8. The van der Waals surface area contributed by atoms with Crippen LogP contribution < -0.4 is 0 Å². The molecule has 2 heteroatoms. The van der Waals surface area contributed by atoms with E-state index in [-0.39, 0.29) is 0 Å². The number of pyridine rings is 2. The van der Waals surface area contributed by atoms with Crippen LogP contribution in [0, 0.1) is 6.92 Å². The summed E-state index contributed by atoms with van der Waals surface area (Å²) >= 11 is 0. The van der Waals surface area contributed by atoms with Crippen LogP contribution in [0.1, 0.15) is 30.9 Å². The Hall–Kier alpha value is -2.22. The predicted molar refractivity (Wildman–Crippen MR) is 83.8 cm³/mol. The zero-order chi connectivity index (χ0) is 14.1. The smallest absolute Gasteiger partial charge is 0.0740 e. The van der Waals surface area contributed by atoms with Gasteiger partial charge in [0.25, 0.3) is 0 Å². The van der Waals surface area contributed by atoms with Gasteiger partial charge in [0.05, 0.1) is 11.2 Å². The number of hydrogen-bond donors (Lipinski definition) is 0. The minimum atomic E-state index is 0.526. The van der Waals surface area contributed by atoms with Gasteiger partial charge in [-0.05, 0) is 48.7 Å². The van der Waals surface area contributed by atoms with Crippen LogP contribution in [0.15, 0.2) is 48.8 Å². The molecule has 3 aromatic rings. The summed E-state index contributed by atoms with van der Waals surface area (Å²) in [7, 11) is 0. The maximum absolute atomic E-state index is 4.75. The quantitative estimate of drug-likeness (QED) is 0.667. The largest absolute Gasteiger partial charge is 0.264 e. The fourth-order valence-electron chi connectivity index (χ4n) is 2.42. The number of benzene rings is 1. The Morgan fingerprint density at radius 2 is 1.85 bits per heavy atom. The molecule has 0 aliphatic carbocycles. The fraction of sp³-hybridized carbons (Fsp3) is 0.222. The fourth-order valence-corrected chi connectivity index (χ4v) is 2.42. The second kappa shape index (κ2) is 5.04. The lowest BCUT2D eigenvalue weighted by Crippen LogP contribution is -1.92. The Bertz CT molecular complexity index is 760. The van der Waals surface area contributed by atoms with Crippen molar-refractivity contribution >= 4 is 10.9 Å². The van der Waals surface area contributed by atoms with Crippen molar-refractivity contribution in [1.82, 2.24) is 9.97 Å². The Morgan fingerprint density at radius 3 is 2.65 bits per heavy atom. The molecule has 2 aromatic heterocycles. The van der Waals surface area contributed by atoms with Gasteiger partial charge in [0.15, 0.2) is 0 Å². The highest BCUT2D eigenvalue weighted by Crippen LogP contribution is 2.26. The summed E-state index contributed by atoms with van der Waals surface area (Å²) in [5.41, 5.74) is 5.84. The molecule has 0 atom stereocenters. The van der Waals surface area contributed by atoms with Crippen LogP contribution in [-0.2, 0) is 0 Å². The van der Waals surface area contributed by atoms with Crippen molar-refractivity contribution in [3.8, 4) is 11.3 Å². The van der Waals surface area contributed by atoms with Crippen molar-refractivity contribution in [3.05, 3.63) is 59.9 Å². The maximum atomic E-state index is 4.75. The highest BCUT2D eigenvalue weighted by molar-refractivity contribution is 5.80. The summed E-state index contributed by atoms with van der Waals surface area (Å²) in [4.78, 5) is 8.87. The second-order valence-electron chi connectivity index (χ2n) is 5.55. The molecule has 100 valence electrons. The Kier molecular flexibility index (Phi) is 3.23. The van der Waals surface area contributed by atoms with Crippen molar-refractivity contribution in [2.24, 2.45) is 0 Å². The average Bonchev–Trinajstić information content (AvgIpc) is 2.46. The first-order chi connectivity index (χ1) is 9.63. The normalized spacial score (nSPS) is 11.2. The van der Waals surface area contributed by atoms with E-state index in [1.807, 2.05) is 12.3 Å². The molecule has 20 heavy (non-hydrogen) atoms. The lowest BCUT2D eigenvalue weighted by atomic mass is 9.96. The van der Waals surface area contributed by atoms with Crippen LogP contribution in [0.3, 0.4) is 0 Å². The molecule has 3 rings (SSSR count). The highest BCUT2D eigenvalue weighted by atomic mass is 14.7. The first kappa shape index (κ1) is 12.8. The Balaban J connectivity index is 2.15. The van der Waals surface area contributed by atoms with Gasteiger partial charge in [-0.25, -0.2) is 4.98 Å². The predicted octanol–water partition coefficient (Wildman–Crippen LogP) is 4.73. The lowest BCUT2D eigenvalue weighted by Gasteiger charge is -2.10. The van der Waals surface area contributed by atoms with Crippen LogP contribution in [0.25, 0.3) is 22.2 Å². The molecule has 0 aliphatic rings. The SMILES string of the molecule is Cc1cc(-c2ccc3cnccc3n2)cc(C(C)C)c1. The number of fused-ring (bicyclic) bond motifs is 1. The molecule has 0 aliphatic heterocycles. The summed E-state index contributed by atoms with van der Waals surface area (Å²) in [6.45, 7) is 6.58. The highest BCUT2D eigenvalue weighted by Gasteiger charge is 2.06. The van der Waals surface area contributed by atoms with E-state index in [1.54, 1.807) is 6.20 Å². The minimum absolute atomic E-state index is 0.526. The molecule has 2 nitrogen and oxygen atoms in total. The number of aryl methyl sites for hydroxylation is 1. The molecule has 0 saturated carbocycles. The minimum Gasteiger partial charge on any atom is -0.264 e. The van der Waals surface area contributed by atoms with Crippen LogP contribution in [-0.4, -0.2) is 9.97 Å². The van der Waals surface area contributed by atoms with Gasteiger partial charge in [-0.1, -0.05) is 25.5 Å². The van der Waals surface area contributed by atoms with E-state index in [4.69, 9.17) is 4.98 Å². The molecule has 0 fully saturated rings.